The third-order valence-electron chi connectivity index (χ3n) is 0. The molecule has 0 saturated heterocycles. The largest absolute Gasteiger partial charge is 2.00 e. The summed E-state index contributed by atoms with van der Waals surface area (Å²) < 4.78 is 0. The van der Waals surface area contributed by atoms with E-state index in [4.69, 9.17) is 0 Å². The van der Waals surface area contributed by atoms with Crippen molar-refractivity contribution in [2.45, 2.75) is 0 Å². The Hall–Kier alpha value is 8.46. The van der Waals surface area contributed by atoms with Gasteiger partial charge in [0.2, 0.25) is 0 Å². The molecule has 0 rings (SSSR count). The minimum atomic E-state index is 0. The van der Waals surface area contributed by atoms with Crippen LogP contribution in [0.3, 0.4) is 0 Å². The van der Waals surface area contributed by atoms with E-state index in [0.717, 1.165) is 0 Å². The monoisotopic (exact) mass is 472 g/mol. The molecule has 4 nitrogen and oxygen atoms in total. The molecule has 0 saturated carbocycles. The molecular formula is Cu4K4O4. The van der Waals surface area contributed by atoms with Crippen LogP contribution in [0.25, 0.3) is 0 Å². The van der Waals surface area contributed by atoms with Crippen molar-refractivity contribution in [2.75, 3.05) is 0 Å². The van der Waals surface area contributed by atoms with Crippen LogP contribution in [0.2, 0.25) is 0 Å². The zero-order chi connectivity index (χ0) is 0. The van der Waals surface area contributed by atoms with E-state index < -0.39 is 0 Å². The summed E-state index contributed by atoms with van der Waals surface area (Å²) in [7, 11) is 0. The Morgan fingerprint density at radius 1 is 0.250 bits per heavy atom. The van der Waals surface area contributed by atoms with Gasteiger partial charge in [-0.15, -0.1) is 0 Å². The van der Waals surface area contributed by atoms with Crippen LogP contribution in [-0.4, -0.2) is 0 Å². The van der Waals surface area contributed by atoms with Gasteiger partial charge in [-0.3, -0.25) is 0 Å². The van der Waals surface area contributed by atoms with Crippen molar-refractivity contribution in [3.8, 4) is 0 Å². The van der Waals surface area contributed by atoms with Crippen molar-refractivity contribution in [1.82, 2.24) is 0 Å². The molecule has 0 spiro atoms. The van der Waals surface area contributed by atoms with E-state index in [1.165, 1.54) is 0 Å². The van der Waals surface area contributed by atoms with Crippen molar-refractivity contribution in [3.63, 3.8) is 0 Å². The van der Waals surface area contributed by atoms with Gasteiger partial charge in [0, 0.05) is 0 Å². The molecule has 0 N–H and O–H groups in total. The maximum atomic E-state index is 0. The quantitative estimate of drug-likeness (QED) is 0.311. The summed E-state index contributed by atoms with van der Waals surface area (Å²) in [5.74, 6) is 0. The van der Waals surface area contributed by atoms with Crippen LogP contribution in [0.1, 0.15) is 0 Å². The van der Waals surface area contributed by atoms with E-state index >= 15 is 0 Å². The fourth-order valence-electron chi connectivity index (χ4n) is 0. The number of rotatable bonds is 0. The second-order valence-electron chi connectivity index (χ2n) is 0. The van der Waals surface area contributed by atoms with Crippen LogP contribution in [0.5, 0.6) is 0 Å². The molecule has 0 aromatic rings. The fraction of sp³-hybridized carbons (Fsp3) is 0. The van der Waals surface area contributed by atoms with Gasteiger partial charge in [-0.1, -0.05) is 0 Å². The van der Waals surface area contributed by atoms with Gasteiger partial charge in [0.15, 0.2) is 0 Å². The summed E-state index contributed by atoms with van der Waals surface area (Å²) in [6, 6.07) is 0. The average molecular weight is 475 g/mol. The number of hydrogen-bond acceptors (Lipinski definition) is 0. The third-order valence-corrected chi connectivity index (χ3v) is 0. The molecule has 0 fully saturated rings. The first kappa shape index (κ1) is 108. The van der Waals surface area contributed by atoms with Crippen molar-refractivity contribution < 1.29 is 296 Å². The normalized spacial score (nSPS) is 0. The molecule has 0 aliphatic carbocycles. The predicted molar refractivity (Wildman–Crippen MR) is 2.75 cm³/mol. The van der Waals surface area contributed by atoms with Gasteiger partial charge in [-0.05, 0) is 0 Å². The minimum absolute atomic E-state index is 0. The zero-order valence-corrected chi connectivity index (χ0v) is 23.1. The molecule has 0 unspecified atom stereocenters. The Morgan fingerprint density at radius 3 is 0.250 bits per heavy atom. The fourth-order valence-corrected chi connectivity index (χ4v) is 0. The van der Waals surface area contributed by atoms with Gasteiger partial charge < -0.3 is 21.9 Å². The van der Waals surface area contributed by atoms with E-state index in [1.807, 2.05) is 0 Å². The molecule has 0 radical (unpaired) electrons. The smallest absolute Gasteiger partial charge is 1.00 e. The summed E-state index contributed by atoms with van der Waals surface area (Å²) in [5.41, 5.74) is 0. The summed E-state index contributed by atoms with van der Waals surface area (Å²) in [4.78, 5) is 0. The topological polar surface area (TPSA) is 114 Å². The molecule has 0 amide bonds. The Kier molecular flexibility index (Phi) is 835. The molecule has 0 aliphatic rings. The van der Waals surface area contributed by atoms with Crippen molar-refractivity contribution in [2.24, 2.45) is 0 Å². The summed E-state index contributed by atoms with van der Waals surface area (Å²) in [6.45, 7) is 0. The summed E-state index contributed by atoms with van der Waals surface area (Å²) >= 11 is 0. The summed E-state index contributed by atoms with van der Waals surface area (Å²) in [6.07, 6.45) is 0. The molecule has 12 heteroatoms. The van der Waals surface area contributed by atoms with Crippen LogP contribution >= 0.6 is 0 Å². The predicted octanol–water partition coefficient (Wildman–Crippen LogP) is -12.5. The van der Waals surface area contributed by atoms with Crippen molar-refractivity contribution in [3.05, 3.63) is 0 Å². The van der Waals surface area contributed by atoms with Gasteiger partial charge >= 0.3 is 274 Å². The Morgan fingerprint density at radius 2 is 0.250 bits per heavy atom. The van der Waals surface area contributed by atoms with Crippen LogP contribution in [-0.2, 0) is 90.2 Å². The van der Waals surface area contributed by atoms with E-state index in [9.17, 15) is 0 Å². The molecule has 0 aromatic heterocycles. The zero-order valence-electron chi connectivity index (χ0n) is 6.84. The molecule has 0 heterocycles. The summed E-state index contributed by atoms with van der Waals surface area (Å²) in [5, 5.41) is 0. The van der Waals surface area contributed by atoms with Gasteiger partial charge in [-0.25, -0.2) is 0 Å². The third kappa shape index (κ3) is 78.6. The first-order chi connectivity index (χ1) is 0. The van der Waals surface area contributed by atoms with Gasteiger partial charge in [0.1, 0.15) is 0 Å². The van der Waals surface area contributed by atoms with Gasteiger partial charge in [-0.2, -0.15) is 0 Å². The Balaban J connectivity index is 0. The Bertz CT molecular complexity index is 19.0. The molecule has 0 atom stereocenters. The second kappa shape index (κ2) is 92.6. The van der Waals surface area contributed by atoms with E-state index in [0.29, 0.717) is 0 Å². The molecule has 0 aromatic carbocycles. The molecule has 0 bridgehead atoms. The van der Waals surface area contributed by atoms with Crippen molar-refractivity contribution in [1.29, 1.82) is 0 Å². The maximum Gasteiger partial charge on any atom is 1.00 e. The molecule has 72 valence electrons. The first-order valence-corrected chi connectivity index (χ1v) is 0. The first-order valence-electron chi connectivity index (χ1n) is 0. The SMILES string of the molecule is [Cu+].[Cu+].[Cu+].[Cu+].[K+].[K+].[K+].[K+].[O-2].[O-2].[O-2].[O-2]. The minimum Gasteiger partial charge on any atom is -2.00 e. The van der Waals surface area contributed by atoms with Crippen LogP contribution < -0.4 is 206 Å². The van der Waals surface area contributed by atoms with Crippen molar-refractivity contribution >= 4 is 0 Å². The van der Waals surface area contributed by atoms with E-state index in [2.05, 4.69) is 0 Å². The Labute approximate surface area is 285 Å². The number of hydrogen-bond donors (Lipinski definition) is 0. The van der Waals surface area contributed by atoms with E-state index in [-0.39, 0.29) is 296 Å². The standard InChI is InChI=1S/4Cu.4K.4O/q8*+1;4*-2. The van der Waals surface area contributed by atoms with Crippen LogP contribution in [0.4, 0.5) is 0 Å². The molecular weight excluding hydrogens is 475 g/mol. The average Bonchev–Trinajstić information content (AvgIpc) is 0. The van der Waals surface area contributed by atoms with Gasteiger partial charge in [0.05, 0.1) is 0 Å². The second-order valence-corrected chi connectivity index (χ2v) is 0. The van der Waals surface area contributed by atoms with Crippen LogP contribution in [0.15, 0.2) is 0 Å². The maximum absolute atomic E-state index is 0. The molecule has 12 heavy (non-hydrogen) atoms. The van der Waals surface area contributed by atoms with E-state index in [1.54, 1.807) is 0 Å². The van der Waals surface area contributed by atoms with Gasteiger partial charge in [0.25, 0.3) is 0 Å². The molecule has 0 aliphatic heterocycles. The van der Waals surface area contributed by atoms with Crippen LogP contribution in [0, 0.1) is 0 Å².